The van der Waals surface area contributed by atoms with E-state index < -0.39 is 0 Å². The molecule has 8 nitrogen and oxygen atoms in total. The molecule has 8 heteroatoms. The molecule has 0 unspecified atom stereocenters. The molecule has 1 amide bonds. The third-order valence-electron chi connectivity index (χ3n) is 6.38. The van der Waals surface area contributed by atoms with Gasteiger partial charge in [-0.1, -0.05) is 60.7 Å². The fourth-order valence-corrected chi connectivity index (χ4v) is 4.38. The molecule has 5 aromatic rings. The lowest BCUT2D eigenvalue weighted by molar-refractivity contribution is -0.121. The summed E-state index contributed by atoms with van der Waals surface area (Å²) in [6.07, 6.45) is 5.95. The van der Waals surface area contributed by atoms with Crippen LogP contribution in [0.15, 0.2) is 96.2 Å². The zero-order valence-electron chi connectivity index (χ0n) is 20.6. The van der Waals surface area contributed by atoms with Crippen molar-refractivity contribution in [2.45, 2.75) is 19.5 Å². The Bertz CT molecular complexity index is 1580. The monoisotopic (exact) mass is 492 g/mol. The minimum Gasteiger partial charge on any atom is -0.365 e. The van der Waals surface area contributed by atoms with Crippen molar-refractivity contribution < 1.29 is 4.79 Å². The van der Waals surface area contributed by atoms with Crippen LogP contribution in [-0.2, 0) is 31.4 Å². The second-order valence-electron chi connectivity index (χ2n) is 8.82. The van der Waals surface area contributed by atoms with Crippen molar-refractivity contribution in [2.24, 2.45) is 7.05 Å². The van der Waals surface area contributed by atoms with E-state index >= 15 is 0 Å². The Morgan fingerprint density at radius 1 is 0.973 bits per heavy atom. The van der Waals surface area contributed by atoms with E-state index in [2.05, 4.69) is 20.6 Å². The van der Waals surface area contributed by atoms with Gasteiger partial charge in [-0.3, -0.25) is 19.1 Å². The number of carbonyl (C=O) groups excluding carboxylic acids is 1. The van der Waals surface area contributed by atoms with Crippen LogP contribution in [-0.4, -0.2) is 31.6 Å². The number of hydrogen-bond acceptors (Lipinski definition) is 5. The zero-order chi connectivity index (χ0) is 25.6. The molecular weight excluding hydrogens is 464 g/mol. The van der Waals surface area contributed by atoms with Crippen LogP contribution >= 0.6 is 0 Å². The van der Waals surface area contributed by atoms with Crippen molar-refractivity contribution in [3.05, 3.63) is 113 Å². The topological polar surface area (TPSA) is 93.8 Å². The van der Waals surface area contributed by atoms with Crippen LogP contribution in [0.1, 0.15) is 11.3 Å². The van der Waals surface area contributed by atoms with Gasteiger partial charge in [0.05, 0.1) is 24.0 Å². The molecule has 2 aromatic carbocycles. The lowest BCUT2D eigenvalue weighted by Gasteiger charge is -2.15. The number of aryl methyl sites for hydroxylation is 1. The van der Waals surface area contributed by atoms with Crippen molar-refractivity contribution in [2.75, 3.05) is 11.9 Å². The second-order valence-corrected chi connectivity index (χ2v) is 8.82. The fraction of sp³-hybridized carbons (Fsp3) is 0.172. The summed E-state index contributed by atoms with van der Waals surface area (Å²) >= 11 is 0. The normalized spacial score (nSPS) is 10.9. The molecular formula is C29H28N6O2. The number of nitrogens with one attached hydrogen (secondary N) is 2. The lowest BCUT2D eigenvalue weighted by Crippen LogP contribution is -2.34. The molecule has 0 atom stereocenters. The molecule has 0 fully saturated rings. The van der Waals surface area contributed by atoms with Gasteiger partial charge in [-0.25, -0.2) is 4.98 Å². The van der Waals surface area contributed by atoms with E-state index in [1.807, 2.05) is 84.4 Å². The van der Waals surface area contributed by atoms with Gasteiger partial charge in [-0.15, -0.1) is 0 Å². The Balaban J connectivity index is 1.35. The summed E-state index contributed by atoms with van der Waals surface area (Å²) in [5, 5.41) is 7.12. The molecule has 5 rings (SSSR count). The van der Waals surface area contributed by atoms with E-state index in [-0.39, 0.29) is 23.8 Å². The molecule has 0 aliphatic rings. The molecule has 3 aromatic heterocycles. The van der Waals surface area contributed by atoms with Crippen molar-refractivity contribution in [1.82, 2.24) is 24.4 Å². The number of anilines is 1. The number of aromatic nitrogens is 4. The number of hydrogen-bond donors (Lipinski definition) is 2. The van der Waals surface area contributed by atoms with Crippen LogP contribution in [0.25, 0.3) is 22.2 Å². The second kappa shape index (κ2) is 10.9. The first-order valence-electron chi connectivity index (χ1n) is 12.2. The highest BCUT2D eigenvalue weighted by Gasteiger charge is 2.15. The molecule has 2 N–H and O–H groups in total. The van der Waals surface area contributed by atoms with Crippen LogP contribution < -0.4 is 16.2 Å². The highest BCUT2D eigenvalue weighted by molar-refractivity contribution is 5.81. The lowest BCUT2D eigenvalue weighted by atomic mass is 10.1. The Morgan fingerprint density at radius 2 is 1.73 bits per heavy atom. The maximum Gasteiger partial charge on any atom is 0.294 e. The standard InChI is InChI=1S/C29H28N6O2/c1-34-24(16-23-17-30-14-13-25(23)34)18-32-27(36)20-35-26(22-10-6-3-7-11-22)19-33-28(29(35)37)31-15-12-21-8-4-2-5-9-21/h2-11,13-14,16-17,19H,12,15,18,20H2,1H3,(H,31,33)(H,32,36). The number of pyridine rings is 1. The van der Waals surface area contributed by atoms with E-state index in [4.69, 9.17) is 0 Å². The summed E-state index contributed by atoms with van der Waals surface area (Å²) in [6, 6.07) is 23.5. The Kier molecular flexibility index (Phi) is 7.07. The fourth-order valence-electron chi connectivity index (χ4n) is 4.38. The van der Waals surface area contributed by atoms with E-state index in [0.717, 1.165) is 28.6 Å². The Hall–Kier alpha value is -4.72. The van der Waals surface area contributed by atoms with Gasteiger partial charge in [0, 0.05) is 37.1 Å². The first-order chi connectivity index (χ1) is 18.1. The molecule has 0 saturated carbocycles. The van der Waals surface area contributed by atoms with Gasteiger partial charge < -0.3 is 15.2 Å². The predicted molar refractivity (Wildman–Crippen MR) is 145 cm³/mol. The minimum atomic E-state index is -0.333. The number of benzene rings is 2. The minimum absolute atomic E-state index is 0.121. The quantitative estimate of drug-likeness (QED) is 0.327. The highest BCUT2D eigenvalue weighted by Crippen LogP contribution is 2.19. The molecule has 0 aliphatic carbocycles. The van der Waals surface area contributed by atoms with E-state index in [0.29, 0.717) is 18.8 Å². The molecule has 0 aliphatic heterocycles. The summed E-state index contributed by atoms with van der Waals surface area (Å²) in [7, 11) is 1.96. The van der Waals surface area contributed by atoms with Gasteiger partial charge in [0.2, 0.25) is 5.91 Å². The van der Waals surface area contributed by atoms with E-state index in [9.17, 15) is 9.59 Å². The number of fused-ring (bicyclic) bond motifs is 1. The Morgan fingerprint density at radius 3 is 2.49 bits per heavy atom. The summed E-state index contributed by atoms with van der Waals surface area (Å²) < 4.78 is 3.51. The summed E-state index contributed by atoms with van der Waals surface area (Å²) in [5.74, 6) is -0.0336. The molecule has 186 valence electrons. The maximum absolute atomic E-state index is 13.4. The number of rotatable bonds is 9. The third kappa shape index (κ3) is 5.43. The van der Waals surface area contributed by atoms with Gasteiger partial charge in [0.25, 0.3) is 5.56 Å². The molecule has 0 bridgehead atoms. The number of carbonyl (C=O) groups is 1. The van der Waals surface area contributed by atoms with Crippen LogP contribution in [0, 0.1) is 0 Å². The predicted octanol–water partition coefficient (Wildman–Crippen LogP) is 3.77. The van der Waals surface area contributed by atoms with Gasteiger partial charge in [0.15, 0.2) is 5.82 Å². The smallest absolute Gasteiger partial charge is 0.294 e. The van der Waals surface area contributed by atoms with Crippen molar-refractivity contribution in [3.8, 4) is 11.3 Å². The van der Waals surface area contributed by atoms with Crippen molar-refractivity contribution in [1.29, 1.82) is 0 Å². The maximum atomic E-state index is 13.4. The Labute approximate surface area is 214 Å². The van der Waals surface area contributed by atoms with Crippen molar-refractivity contribution >= 4 is 22.6 Å². The SMILES string of the molecule is Cn1c(CNC(=O)Cn2c(-c3ccccc3)cnc(NCCc3ccccc3)c2=O)cc2cnccc21. The van der Waals surface area contributed by atoms with E-state index in [1.165, 1.54) is 10.1 Å². The van der Waals surface area contributed by atoms with Gasteiger partial charge in [-0.2, -0.15) is 0 Å². The molecule has 37 heavy (non-hydrogen) atoms. The summed E-state index contributed by atoms with van der Waals surface area (Å²) in [5.41, 5.74) is 4.23. The van der Waals surface area contributed by atoms with Crippen LogP contribution in [0.5, 0.6) is 0 Å². The third-order valence-corrected chi connectivity index (χ3v) is 6.38. The van der Waals surface area contributed by atoms with Crippen LogP contribution in [0.4, 0.5) is 5.82 Å². The summed E-state index contributed by atoms with van der Waals surface area (Å²) in [4.78, 5) is 35.0. The van der Waals surface area contributed by atoms with Gasteiger partial charge in [-0.05, 0) is 29.7 Å². The van der Waals surface area contributed by atoms with E-state index in [1.54, 1.807) is 18.6 Å². The number of nitrogens with zero attached hydrogens (tertiary/aromatic N) is 4. The largest absolute Gasteiger partial charge is 0.365 e. The molecule has 3 heterocycles. The first-order valence-corrected chi connectivity index (χ1v) is 12.2. The average molecular weight is 493 g/mol. The first kappa shape index (κ1) is 24.0. The molecule has 0 radical (unpaired) electrons. The van der Waals surface area contributed by atoms with Crippen LogP contribution in [0.3, 0.4) is 0 Å². The van der Waals surface area contributed by atoms with Crippen molar-refractivity contribution in [3.63, 3.8) is 0 Å². The van der Waals surface area contributed by atoms with Crippen LogP contribution in [0.2, 0.25) is 0 Å². The number of amides is 1. The highest BCUT2D eigenvalue weighted by atomic mass is 16.2. The molecule has 0 saturated heterocycles. The average Bonchev–Trinajstić information content (AvgIpc) is 3.26. The molecule has 0 spiro atoms. The van der Waals surface area contributed by atoms with Gasteiger partial charge in [0.1, 0.15) is 6.54 Å². The summed E-state index contributed by atoms with van der Waals surface area (Å²) in [6.45, 7) is 0.774. The van der Waals surface area contributed by atoms with Gasteiger partial charge >= 0.3 is 0 Å². The zero-order valence-corrected chi connectivity index (χ0v) is 20.6.